The molecule has 0 radical (unpaired) electrons. The number of hydrogen-bond donors (Lipinski definition) is 2. The van der Waals surface area contributed by atoms with E-state index in [4.69, 9.17) is 16.9 Å². The highest BCUT2D eigenvalue weighted by molar-refractivity contribution is 6.31. The predicted molar refractivity (Wildman–Crippen MR) is 89.2 cm³/mol. The van der Waals surface area contributed by atoms with E-state index in [-0.39, 0.29) is 6.42 Å². The number of benzene rings is 2. The second kappa shape index (κ2) is 7.43. The lowest BCUT2D eigenvalue weighted by Crippen LogP contribution is -2.22. The zero-order valence-corrected chi connectivity index (χ0v) is 13.1. The average molecular weight is 328 g/mol. The standard InChI is InChI=1S/C17H14ClN3O2/c1-11-13(18)6-4-8-14(11)20-16(22)9-17(23)21-15-7-3-2-5-12(15)10-19/h2-8H,9H2,1H3,(H,20,22)(H,21,23). The number of halogens is 1. The number of nitrogens with one attached hydrogen (secondary N) is 2. The van der Waals surface area contributed by atoms with Gasteiger partial charge < -0.3 is 10.6 Å². The first kappa shape index (κ1) is 16.5. The molecule has 0 saturated heterocycles. The molecule has 0 heterocycles. The summed E-state index contributed by atoms with van der Waals surface area (Å²) in [5.74, 6) is -0.952. The Hall–Kier alpha value is -2.84. The third-order valence-electron chi connectivity index (χ3n) is 3.18. The molecule has 23 heavy (non-hydrogen) atoms. The number of nitriles is 1. The first-order valence-electron chi connectivity index (χ1n) is 6.85. The lowest BCUT2D eigenvalue weighted by molar-refractivity contribution is -0.123. The van der Waals surface area contributed by atoms with Crippen LogP contribution >= 0.6 is 11.6 Å². The highest BCUT2D eigenvalue weighted by atomic mass is 35.5. The summed E-state index contributed by atoms with van der Waals surface area (Å²) in [5.41, 5.74) is 2.02. The molecule has 0 aliphatic carbocycles. The Kier molecular flexibility index (Phi) is 5.34. The molecule has 6 heteroatoms. The smallest absolute Gasteiger partial charge is 0.233 e. The van der Waals surface area contributed by atoms with Crippen molar-refractivity contribution in [1.82, 2.24) is 0 Å². The van der Waals surface area contributed by atoms with Crippen molar-refractivity contribution in [3.63, 3.8) is 0 Å². The van der Waals surface area contributed by atoms with Crippen LogP contribution in [0.3, 0.4) is 0 Å². The molecular weight excluding hydrogens is 314 g/mol. The molecule has 2 rings (SSSR count). The van der Waals surface area contributed by atoms with Gasteiger partial charge in [0.2, 0.25) is 11.8 Å². The van der Waals surface area contributed by atoms with Gasteiger partial charge in [-0.2, -0.15) is 5.26 Å². The second-order valence-corrected chi connectivity index (χ2v) is 5.25. The normalized spacial score (nSPS) is 9.78. The van der Waals surface area contributed by atoms with Gasteiger partial charge in [-0.25, -0.2) is 0 Å². The van der Waals surface area contributed by atoms with E-state index in [1.54, 1.807) is 49.4 Å². The number of rotatable bonds is 4. The van der Waals surface area contributed by atoms with E-state index in [1.807, 2.05) is 6.07 Å². The zero-order chi connectivity index (χ0) is 16.8. The largest absolute Gasteiger partial charge is 0.325 e. The zero-order valence-electron chi connectivity index (χ0n) is 12.4. The molecule has 5 nitrogen and oxygen atoms in total. The van der Waals surface area contributed by atoms with E-state index in [9.17, 15) is 9.59 Å². The molecule has 0 fully saturated rings. The summed E-state index contributed by atoms with van der Waals surface area (Å²) in [6.07, 6.45) is -0.355. The summed E-state index contributed by atoms with van der Waals surface area (Å²) in [4.78, 5) is 23.9. The van der Waals surface area contributed by atoms with E-state index in [0.29, 0.717) is 22.0 Å². The fraction of sp³-hybridized carbons (Fsp3) is 0.118. The highest BCUT2D eigenvalue weighted by Gasteiger charge is 2.13. The van der Waals surface area contributed by atoms with Gasteiger partial charge in [-0.1, -0.05) is 29.8 Å². The van der Waals surface area contributed by atoms with E-state index < -0.39 is 11.8 Å². The lowest BCUT2D eigenvalue weighted by atomic mass is 10.2. The van der Waals surface area contributed by atoms with Crippen LogP contribution in [0.4, 0.5) is 11.4 Å². The summed E-state index contributed by atoms with van der Waals surface area (Å²) < 4.78 is 0. The minimum Gasteiger partial charge on any atom is -0.325 e. The molecule has 2 N–H and O–H groups in total. The van der Waals surface area contributed by atoms with Gasteiger partial charge in [-0.05, 0) is 36.8 Å². The van der Waals surface area contributed by atoms with Crippen molar-refractivity contribution in [3.05, 3.63) is 58.6 Å². The van der Waals surface area contributed by atoms with Crippen molar-refractivity contribution in [2.75, 3.05) is 10.6 Å². The third-order valence-corrected chi connectivity index (χ3v) is 3.59. The molecule has 0 aliphatic heterocycles. The van der Waals surface area contributed by atoms with Gasteiger partial charge in [0, 0.05) is 10.7 Å². The molecule has 0 aromatic heterocycles. The summed E-state index contributed by atoms with van der Waals surface area (Å²) in [6, 6.07) is 13.7. The quantitative estimate of drug-likeness (QED) is 0.843. The van der Waals surface area contributed by atoms with Crippen LogP contribution in [-0.2, 0) is 9.59 Å². The Morgan fingerprint density at radius 2 is 1.65 bits per heavy atom. The number of hydrogen-bond acceptors (Lipinski definition) is 3. The number of anilines is 2. The maximum Gasteiger partial charge on any atom is 0.233 e. The molecule has 2 aromatic rings. The van der Waals surface area contributed by atoms with Gasteiger partial charge in [0.25, 0.3) is 0 Å². The monoisotopic (exact) mass is 327 g/mol. The molecule has 2 amide bonds. The van der Waals surface area contributed by atoms with Crippen LogP contribution in [-0.4, -0.2) is 11.8 Å². The van der Waals surface area contributed by atoms with Gasteiger partial charge in [-0.15, -0.1) is 0 Å². The van der Waals surface area contributed by atoms with Crippen molar-refractivity contribution >= 4 is 34.8 Å². The third kappa shape index (κ3) is 4.31. The Labute approximate surface area is 138 Å². The predicted octanol–water partition coefficient (Wildman–Crippen LogP) is 3.49. The first-order chi connectivity index (χ1) is 11.0. The number of carbonyl (C=O) groups excluding carboxylic acids is 2. The number of para-hydroxylation sites is 1. The van der Waals surface area contributed by atoms with E-state index in [1.165, 1.54) is 0 Å². The molecule has 0 saturated carbocycles. The topological polar surface area (TPSA) is 82.0 Å². The maximum atomic E-state index is 12.0. The van der Waals surface area contributed by atoms with Crippen LogP contribution in [0.1, 0.15) is 17.5 Å². The molecule has 2 aromatic carbocycles. The molecule has 0 aliphatic rings. The fourth-order valence-electron chi connectivity index (χ4n) is 1.97. The van der Waals surface area contributed by atoms with Crippen LogP contribution in [0.5, 0.6) is 0 Å². The van der Waals surface area contributed by atoms with Crippen molar-refractivity contribution in [3.8, 4) is 6.07 Å². The van der Waals surface area contributed by atoms with Gasteiger partial charge in [0.15, 0.2) is 0 Å². The van der Waals surface area contributed by atoms with Crippen LogP contribution in [0.2, 0.25) is 5.02 Å². The second-order valence-electron chi connectivity index (χ2n) is 4.84. The Morgan fingerprint density at radius 1 is 1.04 bits per heavy atom. The van der Waals surface area contributed by atoms with Gasteiger partial charge >= 0.3 is 0 Å². The van der Waals surface area contributed by atoms with Crippen molar-refractivity contribution in [2.45, 2.75) is 13.3 Å². The highest BCUT2D eigenvalue weighted by Crippen LogP contribution is 2.23. The van der Waals surface area contributed by atoms with Gasteiger partial charge in [0.1, 0.15) is 12.5 Å². The number of amides is 2. The maximum absolute atomic E-state index is 12.0. The molecule has 0 spiro atoms. The first-order valence-corrected chi connectivity index (χ1v) is 7.23. The van der Waals surface area contributed by atoms with Crippen LogP contribution in [0.25, 0.3) is 0 Å². The summed E-state index contributed by atoms with van der Waals surface area (Å²) in [5, 5.41) is 14.7. The molecule has 0 unspecified atom stereocenters. The molecule has 0 atom stereocenters. The van der Waals surface area contributed by atoms with E-state index >= 15 is 0 Å². The van der Waals surface area contributed by atoms with Crippen molar-refractivity contribution in [1.29, 1.82) is 5.26 Å². The Morgan fingerprint density at radius 3 is 2.35 bits per heavy atom. The van der Waals surface area contributed by atoms with Crippen molar-refractivity contribution in [2.24, 2.45) is 0 Å². The summed E-state index contributed by atoms with van der Waals surface area (Å²) in [6.45, 7) is 1.78. The molecule has 0 bridgehead atoms. The number of carbonyl (C=O) groups is 2. The van der Waals surface area contributed by atoms with E-state index in [2.05, 4.69) is 10.6 Å². The van der Waals surface area contributed by atoms with Crippen LogP contribution in [0.15, 0.2) is 42.5 Å². The van der Waals surface area contributed by atoms with Crippen molar-refractivity contribution < 1.29 is 9.59 Å². The molecular formula is C17H14ClN3O2. The van der Waals surface area contributed by atoms with Gasteiger partial charge in [0.05, 0.1) is 11.3 Å². The van der Waals surface area contributed by atoms with Crippen LogP contribution < -0.4 is 10.6 Å². The summed E-state index contributed by atoms with van der Waals surface area (Å²) in [7, 11) is 0. The van der Waals surface area contributed by atoms with E-state index in [0.717, 1.165) is 5.56 Å². The SMILES string of the molecule is Cc1c(Cl)cccc1NC(=O)CC(=O)Nc1ccccc1C#N. The van der Waals surface area contributed by atoms with Crippen LogP contribution in [0, 0.1) is 18.3 Å². The Balaban J connectivity index is 1.99. The average Bonchev–Trinajstić information content (AvgIpc) is 2.52. The van der Waals surface area contributed by atoms with Gasteiger partial charge in [-0.3, -0.25) is 9.59 Å². The minimum absolute atomic E-state index is 0.340. The molecule has 116 valence electrons. The summed E-state index contributed by atoms with van der Waals surface area (Å²) >= 11 is 5.98. The lowest BCUT2D eigenvalue weighted by Gasteiger charge is -2.10. The number of nitrogens with zero attached hydrogens (tertiary/aromatic N) is 1. The minimum atomic E-state index is -0.495. The fourth-order valence-corrected chi connectivity index (χ4v) is 2.14. The Bertz CT molecular complexity index is 797.